The molecule has 38 heavy (non-hydrogen) atoms. The Labute approximate surface area is 224 Å². The number of nitrogens with zero attached hydrogens (tertiary/aromatic N) is 2. The van der Waals surface area contributed by atoms with Gasteiger partial charge in [-0.2, -0.15) is 13.2 Å². The van der Waals surface area contributed by atoms with Gasteiger partial charge in [-0.15, -0.1) is 0 Å². The van der Waals surface area contributed by atoms with Gasteiger partial charge in [0.15, 0.2) is 0 Å². The van der Waals surface area contributed by atoms with E-state index in [1.807, 2.05) is 29.2 Å². The number of methoxy groups -OCH3 is 1. The van der Waals surface area contributed by atoms with Gasteiger partial charge in [-0.3, -0.25) is 9.79 Å². The van der Waals surface area contributed by atoms with Gasteiger partial charge in [0.1, 0.15) is 11.5 Å². The van der Waals surface area contributed by atoms with Crippen LogP contribution in [0.25, 0.3) is 0 Å². The van der Waals surface area contributed by atoms with Crippen molar-refractivity contribution in [1.29, 1.82) is 5.41 Å². The molecule has 9 heteroatoms. The molecule has 3 aromatic carbocycles. The van der Waals surface area contributed by atoms with Gasteiger partial charge < -0.3 is 15.0 Å². The molecular formula is C29H27ClF3N3O2. The SMILES string of the molecule is COc1ccc(CC2CCCN2C(=O)c2ccc(C(CC(=N)C(F)(F)F)=Nc3ccccc3Cl)cc2)cc1. The summed E-state index contributed by atoms with van der Waals surface area (Å²) in [5.74, 6) is 0.649. The van der Waals surface area contributed by atoms with E-state index in [0.717, 1.165) is 30.6 Å². The van der Waals surface area contributed by atoms with E-state index in [4.69, 9.17) is 21.7 Å². The molecule has 1 N–H and O–H groups in total. The van der Waals surface area contributed by atoms with Crippen LogP contribution in [-0.4, -0.2) is 48.1 Å². The first kappa shape index (κ1) is 27.4. The number of halogens is 4. The Morgan fingerprint density at radius 3 is 2.34 bits per heavy atom. The molecule has 1 amide bonds. The van der Waals surface area contributed by atoms with Crippen molar-refractivity contribution in [1.82, 2.24) is 4.90 Å². The van der Waals surface area contributed by atoms with Gasteiger partial charge in [0.05, 0.1) is 23.5 Å². The van der Waals surface area contributed by atoms with Crippen molar-refractivity contribution in [2.45, 2.75) is 37.9 Å². The monoisotopic (exact) mass is 541 g/mol. The third kappa shape index (κ3) is 6.61. The van der Waals surface area contributed by atoms with E-state index in [0.29, 0.717) is 23.4 Å². The van der Waals surface area contributed by atoms with Gasteiger partial charge in [0, 0.05) is 24.6 Å². The van der Waals surface area contributed by atoms with Gasteiger partial charge in [0.2, 0.25) is 0 Å². The molecule has 1 aliphatic rings. The van der Waals surface area contributed by atoms with Crippen molar-refractivity contribution < 1.29 is 22.7 Å². The molecule has 0 aliphatic carbocycles. The van der Waals surface area contributed by atoms with Crippen LogP contribution >= 0.6 is 11.6 Å². The van der Waals surface area contributed by atoms with Crippen LogP contribution in [0.3, 0.4) is 0 Å². The van der Waals surface area contributed by atoms with Crippen molar-refractivity contribution in [3.63, 3.8) is 0 Å². The zero-order chi connectivity index (χ0) is 27.3. The minimum atomic E-state index is -4.77. The number of rotatable bonds is 8. The Kier molecular flexibility index (Phi) is 8.52. The number of aliphatic imine (C=N–C) groups is 1. The van der Waals surface area contributed by atoms with E-state index in [1.54, 1.807) is 55.6 Å². The molecular weight excluding hydrogens is 515 g/mol. The Bertz CT molecular complexity index is 1320. The zero-order valence-electron chi connectivity index (χ0n) is 20.8. The molecule has 0 aromatic heterocycles. The van der Waals surface area contributed by atoms with Gasteiger partial charge in [-0.1, -0.05) is 48.0 Å². The summed E-state index contributed by atoms with van der Waals surface area (Å²) >= 11 is 6.17. The molecule has 1 heterocycles. The first-order valence-corrected chi connectivity index (χ1v) is 12.5. The van der Waals surface area contributed by atoms with E-state index < -0.39 is 18.3 Å². The number of hydrogen-bond donors (Lipinski definition) is 1. The number of amides is 1. The fraction of sp³-hybridized carbons (Fsp3) is 0.276. The van der Waals surface area contributed by atoms with E-state index in [9.17, 15) is 18.0 Å². The molecule has 0 bridgehead atoms. The van der Waals surface area contributed by atoms with Crippen molar-refractivity contribution in [3.8, 4) is 5.75 Å². The molecule has 0 radical (unpaired) electrons. The summed E-state index contributed by atoms with van der Waals surface area (Å²) in [5, 5.41) is 7.78. The number of para-hydroxylation sites is 1. The summed E-state index contributed by atoms with van der Waals surface area (Å²) < 4.78 is 44.7. The van der Waals surface area contributed by atoms with E-state index >= 15 is 0 Å². The molecule has 1 atom stereocenters. The van der Waals surface area contributed by atoms with Crippen LogP contribution in [0.1, 0.15) is 40.7 Å². The second kappa shape index (κ2) is 11.8. The summed E-state index contributed by atoms with van der Waals surface area (Å²) in [6.45, 7) is 0.642. The van der Waals surface area contributed by atoms with Gasteiger partial charge in [-0.25, -0.2) is 0 Å². The molecule has 1 fully saturated rings. The third-order valence-corrected chi connectivity index (χ3v) is 6.85. The maximum Gasteiger partial charge on any atom is 0.429 e. The molecule has 1 saturated heterocycles. The molecule has 0 saturated carbocycles. The number of carbonyl (C=O) groups excluding carboxylic acids is 1. The molecule has 0 spiro atoms. The second-order valence-corrected chi connectivity index (χ2v) is 9.49. The number of nitrogens with one attached hydrogen (secondary N) is 1. The Balaban J connectivity index is 1.55. The predicted octanol–water partition coefficient (Wildman–Crippen LogP) is 7.29. The fourth-order valence-corrected chi connectivity index (χ4v) is 4.66. The number of carbonyl (C=O) groups is 1. The van der Waals surface area contributed by atoms with Crippen molar-refractivity contribution in [2.24, 2.45) is 4.99 Å². The lowest BCUT2D eigenvalue weighted by Crippen LogP contribution is -2.36. The summed E-state index contributed by atoms with van der Waals surface area (Å²) in [7, 11) is 1.61. The van der Waals surface area contributed by atoms with Crippen LogP contribution in [0, 0.1) is 5.41 Å². The van der Waals surface area contributed by atoms with Crippen LogP contribution in [0.5, 0.6) is 5.75 Å². The number of likely N-dealkylation sites (tertiary alicyclic amines) is 1. The average Bonchev–Trinajstić information content (AvgIpc) is 3.37. The first-order chi connectivity index (χ1) is 18.2. The minimum absolute atomic E-state index is 0.0398. The summed E-state index contributed by atoms with van der Waals surface area (Å²) in [6.07, 6.45) is -2.98. The number of hydrogen-bond acceptors (Lipinski definition) is 4. The quantitative estimate of drug-likeness (QED) is 0.304. The third-order valence-electron chi connectivity index (χ3n) is 6.53. The second-order valence-electron chi connectivity index (χ2n) is 9.09. The molecule has 1 aliphatic heterocycles. The number of benzene rings is 3. The summed E-state index contributed by atoms with van der Waals surface area (Å²) in [5.41, 5.74) is 0.862. The average molecular weight is 542 g/mol. The van der Waals surface area contributed by atoms with Gasteiger partial charge in [-0.05, 0) is 66.8 Å². The van der Waals surface area contributed by atoms with E-state index in [2.05, 4.69) is 4.99 Å². The topological polar surface area (TPSA) is 65.8 Å². The normalized spacial score (nSPS) is 16.0. The largest absolute Gasteiger partial charge is 0.497 e. The minimum Gasteiger partial charge on any atom is -0.497 e. The lowest BCUT2D eigenvalue weighted by atomic mass is 10.0. The number of alkyl halides is 3. The maximum absolute atomic E-state index is 13.3. The smallest absolute Gasteiger partial charge is 0.429 e. The van der Waals surface area contributed by atoms with Crippen LogP contribution in [0.2, 0.25) is 5.02 Å². The van der Waals surface area contributed by atoms with Crippen LogP contribution in [0.4, 0.5) is 18.9 Å². The maximum atomic E-state index is 13.3. The summed E-state index contributed by atoms with van der Waals surface area (Å²) in [6, 6.07) is 20.7. The lowest BCUT2D eigenvalue weighted by molar-refractivity contribution is -0.0605. The highest BCUT2D eigenvalue weighted by atomic mass is 35.5. The predicted molar refractivity (Wildman–Crippen MR) is 143 cm³/mol. The number of ether oxygens (including phenoxy) is 1. The zero-order valence-corrected chi connectivity index (χ0v) is 21.5. The molecule has 5 nitrogen and oxygen atoms in total. The standard InChI is InChI=1S/C29H27ClF3N3O2/c1-38-23-14-8-19(9-15-23)17-22-5-4-16-36(22)28(37)21-12-10-20(11-13-21)26(18-27(34)29(31,32)33)35-25-7-3-2-6-24(25)30/h2-3,6-15,22,34H,4-5,16-18H2,1H3. The first-order valence-electron chi connectivity index (χ1n) is 12.2. The molecule has 3 aromatic rings. The van der Waals surface area contributed by atoms with Crippen molar-refractivity contribution >= 4 is 34.6 Å². The highest BCUT2D eigenvalue weighted by Gasteiger charge is 2.35. The van der Waals surface area contributed by atoms with Crippen molar-refractivity contribution in [2.75, 3.05) is 13.7 Å². The Morgan fingerprint density at radius 2 is 1.71 bits per heavy atom. The fourth-order valence-electron chi connectivity index (χ4n) is 4.48. The van der Waals surface area contributed by atoms with E-state index in [-0.39, 0.29) is 22.7 Å². The highest BCUT2D eigenvalue weighted by Crippen LogP contribution is 2.28. The summed E-state index contributed by atoms with van der Waals surface area (Å²) in [4.78, 5) is 19.6. The Morgan fingerprint density at radius 1 is 1.05 bits per heavy atom. The van der Waals surface area contributed by atoms with Gasteiger partial charge in [0.25, 0.3) is 5.91 Å². The van der Waals surface area contributed by atoms with Crippen LogP contribution in [-0.2, 0) is 6.42 Å². The molecule has 1 unspecified atom stereocenters. The molecule has 4 rings (SSSR count). The van der Waals surface area contributed by atoms with Crippen LogP contribution in [0.15, 0.2) is 77.8 Å². The van der Waals surface area contributed by atoms with Crippen LogP contribution < -0.4 is 4.74 Å². The lowest BCUT2D eigenvalue weighted by Gasteiger charge is -2.25. The van der Waals surface area contributed by atoms with E-state index in [1.165, 1.54) is 0 Å². The highest BCUT2D eigenvalue weighted by molar-refractivity contribution is 6.33. The van der Waals surface area contributed by atoms with Gasteiger partial charge >= 0.3 is 6.18 Å². The Hall–Kier alpha value is -3.65. The van der Waals surface area contributed by atoms with Crippen molar-refractivity contribution in [3.05, 3.63) is 94.5 Å². The molecule has 198 valence electrons.